The van der Waals surface area contributed by atoms with Crippen LogP contribution in [0.15, 0.2) is 73.1 Å². The number of carbonyl (C=O) groups excluding carboxylic acids is 2. The molecule has 7 heteroatoms. The molecule has 42 heavy (non-hydrogen) atoms. The van der Waals surface area contributed by atoms with Gasteiger partial charge in [0.15, 0.2) is 0 Å². The molecule has 2 aromatic heterocycles. The van der Waals surface area contributed by atoms with E-state index in [9.17, 15) is 9.59 Å². The fraction of sp³-hybridized carbons (Fsp3) is 0.400. The lowest BCUT2D eigenvalue weighted by molar-refractivity contribution is -0.146. The Hall–Kier alpha value is -4.13. The van der Waals surface area contributed by atoms with Crippen molar-refractivity contribution < 1.29 is 14.3 Å². The molecule has 0 spiro atoms. The Balaban J connectivity index is 1.31. The standard InChI is InChI=1S/C35H40N4O3/c1-23-31(27-11-5-6-12-29(27)37-23)32-28(34(32,2)3)20-30(40)39(22-24-10-9-19-36-21-24)35(17-7-8-18-35)33(41)38-25-13-15-26(42-4)16-14-25/h5-6,9-16,19,21,28,32,37H,7-8,17-18,20,22H2,1-4H3,(H,38,41)/t28-,32+/m1/s1. The molecule has 2 atom stereocenters. The van der Waals surface area contributed by atoms with Crippen molar-refractivity contribution in [2.24, 2.45) is 11.3 Å². The van der Waals surface area contributed by atoms with E-state index in [0.29, 0.717) is 31.5 Å². The van der Waals surface area contributed by atoms with Crippen molar-refractivity contribution in [2.75, 3.05) is 12.4 Å². The number of fused-ring (bicyclic) bond motifs is 1. The summed E-state index contributed by atoms with van der Waals surface area (Å²) in [4.78, 5) is 38.4. The molecule has 2 fully saturated rings. The number of nitrogens with one attached hydrogen (secondary N) is 2. The van der Waals surface area contributed by atoms with Crippen molar-refractivity contribution in [3.05, 3.63) is 89.9 Å². The van der Waals surface area contributed by atoms with E-state index in [4.69, 9.17) is 4.74 Å². The number of ether oxygens (including phenoxy) is 1. The molecule has 2 aliphatic rings. The first-order valence-electron chi connectivity index (χ1n) is 15.0. The number of rotatable bonds is 9. The van der Waals surface area contributed by atoms with Gasteiger partial charge in [0.25, 0.3) is 0 Å². The maximum absolute atomic E-state index is 14.5. The van der Waals surface area contributed by atoms with Crippen molar-refractivity contribution in [3.8, 4) is 5.75 Å². The van der Waals surface area contributed by atoms with Gasteiger partial charge in [-0.25, -0.2) is 0 Å². The Labute approximate surface area is 247 Å². The maximum atomic E-state index is 14.5. The average molecular weight is 565 g/mol. The molecule has 218 valence electrons. The fourth-order valence-electron chi connectivity index (χ4n) is 7.35. The Morgan fingerprint density at radius 2 is 1.79 bits per heavy atom. The molecular weight excluding hydrogens is 524 g/mol. The second-order valence-electron chi connectivity index (χ2n) is 12.6. The highest BCUT2D eigenvalue weighted by atomic mass is 16.5. The van der Waals surface area contributed by atoms with Gasteiger partial charge in [0, 0.05) is 47.6 Å². The van der Waals surface area contributed by atoms with Crippen LogP contribution < -0.4 is 10.1 Å². The molecule has 0 unspecified atom stereocenters. The molecule has 2 N–H and O–H groups in total. The molecule has 2 amide bonds. The Morgan fingerprint density at radius 1 is 1.05 bits per heavy atom. The van der Waals surface area contributed by atoms with Gasteiger partial charge < -0.3 is 19.9 Å². The number of hydrogen-bond acceptors (Lipinski definition) is 4. The fourth-order valence-corrected chi connectivity index (χ4v) is 7.35. The zero-order chi connectivity index (χ0) is 29.5. The van der Waals surface area contributed by atoms with E-state index in [0.717, 1.165) is 29.7 Å². The van der Waals surface area contributed by atoms with Crippen LogP contribution in [-0.4, -0.2) is 39.3 Å². The number of amides is 2. The molecule has 0 aliphatic heterocycles. The van der Waals surface area contributed by atoms with Gasteiger partial charge in [0.1, 0.15) is 11.3 Å². The lowest BCUT2D eigenvalue weighted by Gasteiger charge is -2.40. The van der Waals surface area contributed by atoms with Crippen LogP contribution in [0.1, 0.15) is 68.7 Å². The van der Waals surface area contributed by atoms with Crippen molar-refractivity contribution in [3.63, 3.8) is 0 Å². The van der Waals surface area contributed by atoms with Crippen LogP contribution >= 0.6 is 0 Å². The number of aromatic nitrogens is 2. The number of aromatic amines is 1. The summed E-state index contributed by atoms with van der Waals surface area (Å²) in [6.45, 7) is 7.02. The first-order chi connectivity index (χ1) is 20.2. The molecule has 7 nitrogen and oxygen atoms in total. The van der Waals surface area contributed by atoms with Crippen LogP contribution in [0.3, 0.4) is 0 Å². The monoisotopic (exact) mass is 564 g/mol. The minimum absolute atomic E-state index is 0.0282. The molecule has 4 aromatic rings. The van der Waals surface area contributed by atoms with E-state index >= 15 is 0 Å². The molecule has 6 rings (SSSR count). The van der Waals surface area contributed by atoms with Gasteiger partial charge in [-0.15, -0.1) is 0 Å². The number of anilines is 1. The lowest BCUT2D eigenvalue weighted by Crippen LogP contribution is -2.57. The molecule has 0 radical (unpaired) electrons. The second kappa shape index (κ2) is 10.9. The topological polar surface area (TPSA) is 87.3 Å². The van der Waals surface area contributed by atoms with Gasteiger partial charge in [0.05, 0.1) is 7.11 Å². The van der Waals surface area contributed by atoms with Crippen molar-refractivity contribution in [2.45, 2.75) is 70.9 Å². The van der Waals surface area contributed by atoms with Crippen LogP contribution in [-0.2, 0) is 16.1 Å². The zero-order valence-corrected chi connectivity index (χ0v) is 24.9. The van der Waals surface area contributed by atoms with Crippen molar-refractivity contribution in [1.29, 1.82) is 0 Å². The minimum atomic E-state index is -0.919. The third kappa shape index (κ3) is 4.95. The van der Waals surface area contributed by atoms with E-state index in [1.165, 1.54) is 16.6 Å². The third-order valence-electron chi connectivity index (χ3n) is 9.78. The summed E-state index contributed by atoms with van der Waals surface area (Å²) in [5.74, 6) is 1.09. The summed E-state index contributed by atoms with van der Waals surface area (Å²) in [5, 5.41) is 4.37. The number of carbonyl (C=O) groups is 2. The SMILES string of the molecule is COc1ccc(NC(=O)C2(N(Cc3cccnc3)C(=O)C[C@@H]3[C@@H](c4c(C)[nH]c5ccccc45)C3(C)C)CCCC2)cc1. The van der Waals surface area contributed by atoms with Crippen LogP contribution in [0.5, 0.6) is 5.75 Å². The van der Waals surface area contributed by atoms with E-state index < -0.39 is 5.54 Å². The van der Waals surface area contributed by atoms with Gasteiger partial charge in [-0.05, 0) is 84.5 Å². The van der Waals surface area contributed by atoms with E-state index in [1.54, 1.807) is 19.5 Å². The normalized spacial score (nSPS) is 20.3. The minimum Gasteiger partial charge on any atom is -0.497 e. The average Bonchev–Trinajstić information content (AvgIpc) is 3.35. The quantitative estimate of drug-likeness (QED) is 0.229. The van der Waals surface area contributed by atoms with Gasteiger partial charge in [-0.3, -0.25) is 14.6 Å². The first-order valence-corrected chi connectivity index (χ1v) is 15.0. The van der Waals surface area contributed by atoms with Crippen LogP contribution in [0.25, 0.3) is 10.9 Å². The first kappa shape index (κ1) is 28.0. The number of hydrogen-bond donors (Lipinski definition) is 2. The molecule has 0 bridgehead atoms. The second-order valence-corrected chi connectivity index (χ2v) is 12.6. The Bertz CT molecular complexity index is 1590. The highest BCUT2D eigenvalue weighted by molar-refractivity contribution is 6.01. The molecule has 2 saturated carbocycles. The third-order valence-corrected chi connectivity index (χ3v) is 9.78. The number of pyridine rings is 1. The van der Waals surface area contributed by atoms with Gasteiger partial charge in [-0.2, -0.15) is 0 Å². The van der Waals surface area contributed by atoms with E-state index in [2.05, 4.69) is 60.3 Å². The largest absolute Gasteiger partial charge is 0.497 e. The lowest BCUT2D eigenvalue weighted by atomic mass is 9.91. The number of methoxy groups -OCH3 is 1. The number of para-hydroxylation sites is 1. The van der Waals surface area contributed by atoms with E-state index in [-0.39, 0.29) is 29.1 Å². The summed E-state index contributed by atoms with van der Waals surface area (Å²) in [6, 6.07) is 19.6. The maximum Gasteiger partial charge on any atom is 0.250 e. The highest BCUT2D eigenvalue weighted by Crippen LogP contribution is 2.67. The van der Waals surface area contributed by atoms with Crippen LogP contribution in [0.2, 0.25) is 0 Å². The predicted molar refractivity (Wildman–Crippen MR) is 165 cm³/mol. The molecule has 2 aromatic carbocycles. The van der Waals surface area contributed by atoms with Gasteiger partial charge >= 0.3 is 0 Å². The van der Waals surface area contributed by atoms with Crippen LogP contribution in [0.4, 0.5) is 5.69 Å². The Kier molecular flexibility index (Phi) is 7.29. The number of H-pyrrole nitrogens is 1. The predicted octanol–water partition coefficient (Wildman–Crippen LogP) is 6.99. The van der Waals surface area contributed by atoms with Crippen molar-refractivity contribution in [1.82, 2.24) is 14.9 Å². The summed E-state index contributed by atoms with van der Waals surface area (Å²) < 4.78 is 5.28. The smallest absolute Gasteiger partial charge is 0.250 e. The summed E-state index contributed by atoms with van der Waals surface area (Å²) in [7, 11) is 1.62. The summed E-state index contributed by atoms with van der Waals surface area (Å²) in [5.41, 5.74) is 4.30. The number of nitrogens with zero attached hydrogens (tertiary/aromatic N) is 2. The Morgan fingerprint density at radius 3 is 2.48 bits per heavy atom. The molecule has 0 saturated heterocycles. The number of aryl methyl sites for hydroxylation is 1. The highest BCUT2D eigenvalue weighted by Gasteiger charge is 2.60. The molecule has 2 heterocycles. The van der Waals surface area contributed by atoms with Crippen LogP contribution in [0, 0.1) is 18.3 Å². The van der Waals surface area contributed by atoms with Gasteiger partial charge in [0.2, 0.25) is 11.8 Å². The van der Waals surface area contributed by atoms with Gasteiger partial charge in [-0.1, -0.05) is 51.0 Å². The molecular formula is C35H40N4O3. The number of benzene rings is 2. The summed E-state index contributed by atoms with van der Waals surface area (Å²) in [6.07, 6.45) is 7.01. The molecule has 2 aliphatic carbocycles. The van der Waals surface area contributed by atoms with E-state index in [1.807, 2.05) is 41.3 Å². The van der Waals surface area contributed by atoms with Crippen molar-refractivity contribution >= 4 is 28.4 Å². The zero-order valence-electron chi connectivity index (χ0n) is 24.9. The summed E-state index contributed by atoms with van der Waals surface area (Å²) >= 11 is 0.